The summed E-state index contributed by atoms with van der Waals surface area (Å²) in [6.07, 6.45) is 3.89. The van der Waals surface area contributed by atoms with E-state index in [1.807, 2.05) is 27.7 Å². The highest BCUT2D eigenvalue weighted by molar-refractivity contribution is 6.38. The fourth-order valence-corrected chi connectivity index (χ4v) is 5.77. The molecule has 0 bridgehead atoms. The number of benzene rings is 1. The van der Waals surface area contributed by atoms with Gasteiger partial charge in [0.25, 0.3) is 5.91 Å². The summed E-state index contributed by atoms with van der Waals surface area (Å²) >= 11 is 0. The predicted molar refractivity (Wildman–Crippen MR) is 185 cm³/mol. The van der Waals surface area contributed by atoms with Crippen LogP contribution in [0.2, 0.25) is 0 Å². The highest BCUT2D eigenvalue weighted by Crippen LogP contribution is 2.27. The first-order valence-corrected chi connectivity index (χ1v) is 17.5. The molecule has 0 heterocycles. The zero-order valence-electron chi connectivity index (χ0n) is 30.1. The van der Waals surface area contributed by atoms with Gasteiger partial charge in [0.2, 0.25) is 23.5 Å². The maximum Gasteiger partial charge on any atom is 0.407 e. The van der Waals surface area contributed by atoms with E-state index in [0.29, 0.717) is 5.56 Å². The summed E-state index contributed by atoms with van der Waals surface area (Å²) in [5.74, 6) is -5.70. The second-order valence-corrected chi connectivity index (χ2v) is 14.2. The molecular formula is C36H55N5O9. The Bertz CT molecular complexity index is 1310. The van der Waals surface area contributed by atoms with Crippen LogP contribution in [0.4, 0.5) is 4.79 Å². The SMILES string of the molecule is CC(C)COC(=O)N[C@H](C(=O)N[C@@H](CC(C)C)C(=O)NC(CC(C)C)[13C](=O)C(=O)NCC(=O)N[C@H](C(=O)O)c1ccccc1)C1CCCCC1. The van der Waals surface area contributed by atoms with E-state index in [4.69, 9.17) is 4.74 Å². The number of nitrogens with one attached hydrogen (secondary N) is 5. The largest absolute Gasteiger partial charge is 0.479 e. The van der Waals surface area contributed by atoms with Gasteiger partial charge in [-0.25, -0.2) is 9.59 Å². The molecular weight excluding hydrogens is 647 g/mol. The fourth-order valence-electron chi connectivity index (χ4n) is 5.77. The highest BCUT2D eigenvalue weighted by atomic mass is 16.5. The third-order valence-corrected chi connectivity index (χ3v) is 8.22. The van der Waals surface area contributed by atoms with E-state index >= 15 is 0 Å². The molecule has 1 unspecified atom stereocenters. The number of ether oxygens (including phenoxy) is 1. The lowest BCUT2D eigenvalue weighted by Crippen LogP contribution is -2.58. The van der Waals surface area contributed by atoms with Gasteiger partial charge in [-0.1, -0.05) is 91.1 Å². The maximum atomic E-state index is 13.7. The number of hydrogen-bond donors (Lipinski definition) is 6. The van der Waals surface area contributed by atoms with Crippen LogP contribution in [-0.4, -0.2) is 77.9 Å². The number of amides is 5. The Morgan fingerprint density at radius 2 is 1.32 bits per heavy atom. The summed E-state index contributed by atoms with van der Waals surface area (Å²) < 4.78 is 5.28. The third kappa shape index (κ3) is 14.6. The Kier molecular flexibility index (Phi) is 17.4. The van der Waals surface area contributed by atoms with E-state index in [9.17, 15) is 38.7 Å². The van der Waals surface area contributed by atoms with E-state index < -0.39 is 72.2 Å². The smallest absolute Gasteiger partial charge is 0.407 e. The van der Waals surface area contributed by atoms with Crippen molar-refractivity contribution in [3.8, 4) is 0 Å². The van der Waals surface area contributed by atoms with Crippen LogP contribution in [-0.2, 0) is 33.5 Å². The molecule has 5 amide bonds. The maximum absolute atomic E-state index is 13.7. The van der Waals surface area contributed by atoms with Crippen LogP contribution in [0, 0.1) is 23.7 Å². The van der Waals surface area contributed by atoms with Gasteiger partial charge in [0.05, 0.1) is 19.2 Å². The molecule has 14 heteroatoms. The molecule has 1 fully saturated rings. The number of ketones is 1. The van der Waals surface area contributed by atoms with E-state index in [1.165, 1.54) is 12.1 Å². The van der Waals surface area contributed by atoms with Crippen molar-refractivity contribution in [2.24, 2.45) is 23.7 Å². The number of carbonyl (C=O) groups is 7. The number of alkyl carbamates (subject to hydrolysis) is 1. The zero-order valence-corrected chi connectivity index (χ0v) is 30.1. The molecule has 1 aliphatic carbocycles. The molecule has 1 saturated carbocycles. The van der Waals surface area contributed by atoms with Crippen LogP contribution in [0.1, 0.15) is 98.1 Å². The topological polar surface area (TPSA) is 209 Å². The van der Waals surface area contributed by atoms with Crippen molar-refractivity contribution in [3.63, 3.8) is 0 Å². The Labute approximate surface area is 294 Å². The number of carboxylic acids is 1. The summed E-state index contributed by atoms with van der Waals surface area (Å²) in [6, 6.07) is 3.36. The van der Waals surface area contributed by atoms with E-state index in [-0.39, 0.29) is 43.1 Å². The van der Waals surface area contributed by atoms with Crippen molar-refractivity contribution < 1.29 is 43.4 Å². The minimum atomic E-state index is -1.36. The van der Waals surface area contributed by atoms with Crippen molar-refractivity contribution in [3.05, 3.63) is 35.9 Å². The van der Waals surface area contributed by atoms with Gasteiger partial charge < -0.3 is 36.4 Å². The van der Waals surface area contributed by atoms with Gasteiger partial charge in [-0.05, 0) is 54.9 Å². The summed E-state index contributed by atoms with van der Waals surface area (Å²) in [6.45, 7) is 10.7. The monoisotopic (exact) mass is 702 g/mol. The van der Waals surface area contributed by atoms with Gasteiger partial charge in [-0.2, -0.15) is 0 Å². The molecule has 0 aromatic heterocycles. The Balaban J connectivity index is 2.14. The predicted octanol–water partition coefficient (Wildman–Crippen LogP) is 3.01. The van der Waals surface area contributed by atoms with Crippen LogP contribution in [0.25, 0.3) is 0 Å². The van der Waals surface area contributed by atoms with Crippen LogP contribution in [0.15, 0.2) is 30.3 Å². The van der Waals surface area contributed by atoms with E-state index in [2.05, 4.69) is 26.6 Å². The third-order valence-electron chi connectivity index (χ3n) is 8.22. The zero-order chi connectivity index (χ0) is 37.4. The van der Waals surface area contributed by atoms with Crippen LogP contribution in [0.3, 0.4) is 0 Å². The standard InChI is InChI=1S/C36H55N5O9/c1-21(2)17-26(31(43)34(46)37-19-28(42)40-30(35(47)48)25-15-11-8-12-16-25)38-32(44)27(18-22(3)4)39-33(45)29(24-13-9-7-10-14-24)41-36(49)50-20-23(5)6/h8,11-12,15-16,21-24,26-27,29-30H,7,9-10,13-14,17-20H2,1-6H3,(H,37,46)(H,38,44)(H,39,45)(H,40,42)(H,41,49)(H,47,48)/t26?,27-,29-,30-/m0/s1/i31+1. The molecule has 0 aliphatic heterocycles. The van der Waals surface area contributed by atoms with Gasteiger partial charge in [0, 0.05) is 0 Å². The van der Waals surface area contributed by atoms with Crippen molar-refractivity contribution in [1.29, 1.82) is 0 Å². The van der Waals surface area contributed by atoms with Gasteiger partial charge in [0.1, 0.15) is 12.1 Å². The number of Topliss-reactive ketones (excluding diaryl/α,β-unsaturated/α-hetero) is 1. The number of hydrogen-bond acceptors (Lipinski definition) is 8. The van der Waals surface area contributed by atoms with Crippen LogP contribution in [0.5, 0.6) is 0 Å². The summed E-state index contributed by atoms with van der Waals surface area (Å²) in [4.78, 5) is 90.5. The number of aliphatic carboxylic acids is 1. The molecule has 50 heavy (non-hydrogen) atoms. The van der Waals surface area contributed by atoms with Gasteiger partial charge in [0.15, 0.2) is 6.04 Å². The first-order valence-electron chi connectivity index (χ1n) is 17.5. The molecule has 14 nitrogen and oxygen atoms in total. The average molecular weight is 703 g/mol. The van der Waals surface area contributed by atoms with Gasteiger partial charge in [-0.3, -0.25) is 24.0 Å². The van der Waals surface area contributed by atoms with Crippen molar-refractivity contribution in [1.82, 2.24) is 26.6 Å². The van der Waals surface area contributed by atoms with E-state index in [0.717, 1.165) is 32.1 Å². The minimum Gasteiger partial charge on any atom is -0.479 e. The van der Waals surface area contributed by atoms with Crippen molar-refractivity contribution >= 4 is 41.5 Å². The fraction of sp³-hybridized carbons (Fsp3) is 0.639. The van der Waals surface area contributed by atoms with Crippen LogP contribution < -0.4 is 26.6 Å². The number of carbonyl (C=O) groups excluding carboxylic acids is 6. The Hall–Kier alpha value is -4.49. The second-order valence-electron chi connectivity index (χ2n) is 14.2. The normalized spacial score (nSPS) is 15.7. The first kappa shape index (κ1) is 41.7. The highest BCUT2D eigenvalue weighted by Gasteiger charge is 2.36. The van der Waals surface area contributed by atoms with Gasteiger partial charge in [-0.15, -0.1) is 0 Å². The molecule has 0 saturated heterocycles. The minimum absolute atomic E-state index is 0.0466. The Morgan fingerprint density at radius 1 is 0.740 bits per heavy atom. The lowest BCUT2D eigenvalue weighted by molar-refractivity contribution is -0.142. The number of carboxylic acid groups (broad SMARTS) is 1. The van der Waals surface area contributed by atoms with Gasteiger partial charge >= 0.3 is 12.1 Å². The average Bonchev–Trinajstić information content (AvgIpc) is 3.06. The molecule has 6 N–H and O–H groups in total. The van der Waals surface area contributed by atoms with Crippen LogP contribution >= 0.6 is 0 Å². The lowest BCUT2D eigenvalue weighted by atomic mass is 9.83. The lowest BCUT2D eigenvalue weighted by Gasteiger charge is -2.31. The van der Waals surface area contributed by atoms with E-state index in [1.54, 1.807) is 32.0 Å². The first-order chi connectivity index (χ1) is 23.6. The summed E-state index contributed by atoms with van der Waals surface area (Å²) in [7, 11) is 0. The van der Waals surface area contributed by atoms with Crippen molar-refractivity contribution in [2.45, 2.75) is 111 Å². The second kappa shape index (κ2) is 20.9. The summed E-state index contributed by atoms with van der Waals surface area (Å²) in [5, 5.41) is 22.2. The quantitative estimate of drug-likeness (QED) is 0.0924. The molecule has 0 spiro atoms. The molecule has 1 aromatic carbocycles. The molecule has 1 aliphatic rings. The molecule has 1 aromatic rings. The molecule has 2 rings (SSSR count). The molecule has 4 atom stereocenters. The number of rotatable bonds is 19. The summed E-state index contributed by atoms with van der Waals surface area (Å²) in [5.41, 5.74) is 0.324. The molecule has 278 valence electrons. The van der Waals surface area contributed by atoms with Crippen molar-refractivity contribution in [2.75, 3.05) is 13.2 Å². The molecule has 0 radical (unpaired) electrons. The Morgan fingerprint density at radius 3 is 1.88 bits per heavy atom.